The van der Waals surface area contributed by atoms with Gasteiger partial charge in [-0.3, -0.25) is 14.0 Å². The van der Waals surface area contributed by atoms with Crippen LogP contribution in [0.25, 0.3) is 16.9 Å². The number of imidazole rings is 1. The number of anilines is 2. The molecule has 5 heterocycles. The Hall–Kier alpha value is -5.29. The third-order valence-electron chi connectivity index (χ3n) is 11.0. The summed E-state index contributed by atoms with van der Waals surface area (Å²) in [5, 5.41) is 18.1. The normalized spacial score (nSPS) is 20.0. The quantitative estimate of drug-likeness (QED) is 0.111. The van der Waals surface area contributed by atoms with Crippen LogP contribution in [0.15, 0.2) is 48.9 Å². The summed E-state index contributed by atoms with van der Waals surface area (Å²) in [6, 6.07) is 7.50. The zero-order valence-corrected chi connectivity index (χ0v) is 31.3. The number of carbonyl (C=O) groups excluding carboxylic acids is 3. The van der Waals surface area contributed by atoms with Crippen molar-refractivity contribution < 1.29 is 46.3 Å². The van der Waals surface area contributed by atoms with Crippen LogP contribution in [0.4, 0.5) is 29.1 Å². The Kier molecular flexibility index (Phi) is 12.7. The Morgan fingerprint density at radius 3 is 2.52 bits per heavy atom. The molecule has 2 aromatic carbocycles. The summed E-state index contributed by atoms with van der Waals surface area (Å²) >= 11 is 0. The molecule has 3 aliphatic rings. The van der Waals surface area contributed by atoms with Gasteiger partial charge in [-0.25, -0.2) is 14.4 Å². The van der Waals surface area contributed by atoms with E-state index in [4.69, 9.17) is 9.90 Å². The fourth-order valence-electron chi connectivity index (χ4n) is 8.07. The average Bonchev–Trinajstić information content (AvgIpc) is 3.78. The second-order valence-electron chi connectivity index (χ2n) is 14.9. The smallest absolute Gasteiger partial charge is 0.387 e. The molecule has 0 radical (unpaired) electrons. The highest BCUT2D eigenvalue weighted by Gasteiger charge is 2.38. The number of aromatic nitrogens is 3. The van der Waals surface area contributed by atoms with Crippen molar-refractivity contribution in [3.05, 3.63) is 71.7 Å². The predicted octanol–water partition coefficient (Wildman–Crippen LogP) is 3.60. The number of rotatable bonds is 12. The zero-order chi connectivity index (χ0) is 40.0. The topological polar surface area (TPSA) is 153 Å². The molecule has 2 amide bonds. The van der Waals surface area contributed by atoms with Crippen molar-refractivity contribution in [1.82, 2.24) is 29.9 Å². The van der Waals surface area contributed by atoms with Crippen LogP contribution in [0, 0.1) is 29.4 Å². The van der Waals surface area contributed by atoms with Gasteiger partial charge < -0.3 is 40.0 Å². The summed E-state index contributed by atoms with van der Waals surface area (Å²) in [5.41, 5.74) is 2.35. The molecule has 3 saturated heterocycles. The van der Waals surface area contributed by atoms with Gasteiger partial charge in [-0.1, -0.05) is 6.92 Å². The molecule has 13 nitrogen and oxygen atoms in total. The number of piperidine rings is 1. The lowest BCUT2D eigenvalue weighted by atomic mass is 9.94. The van der Waals surface area contributed by atoms with Gasteiger partial charge in [0.2, 0.25) is 11.7 Å². The number of fused-ring (bicyclic) bond motifs is 1. The van der Waals surface area contributed by atoms with Crippen molar-refractivity contribution in [1.29, 1.82) is 0 Å². The standard InChI is InChI=1S/C38H44F4N8O3.CH2O2/c1-3-25-16-27(47-34-35-45-20-30(49(35)14-11-44-34)29-6-7-31(53-38(41)42)33(40)32(29)39)4-5-28(25)37(52)48-12-8-26(9-13-48)36(51)46-19-23-10-15-50(2,21-23)22-24-17-43-18-24;2-1-3/h4-7,11,14,16,20,23-24,26,38,43H,3,8-10,12-13,15,17-19,21-22H2,1-2H3,(H-,44,46,47,51,52);1H,(H,2,3). The van der Waals surface area contributed by atoms with Crippen molar-refractivity contribution in [3.63, 3.8) is 0 Å². The van der Waals surface area contributed by atoms with Gasteiger partial charge in [-0.05, 0) is 55.2 Å². The van der Waals surface area contributed by atoms with Crippen LogP contribution in [0.3, 0.4) is 0 Å². The van der Waals surface area contributed by atoms with Crippen molar-refractivity contribution >= 4 is 35.4 Å². The van der Waals surface area contributed by atoms with E-state index in [9.17, 15) is 27.2 Å². The number of quaternary nitrogens is 1. The molecule has 2 atom stereocenters. The summed E-state index contributed by atoms with van der Waals surface area (Å²) in [4.78, 5) is 45.6. The predicted molar refractivity (Wildman–Crippen MR) is 197 cm³/mol. The Morgan fingerprint density at radius 2 is 1.84 bits per heavy atom. The highest BCUT2D eigenvalue weighted by atomic mass is 19.3. The maximum Gasteiger partial charge on any atom is 0.387 e. The minimum absolute atomic E-state index is 0.0747. The highest BCUT2D eigenvalue weighted by Crippen LogP contribution is 2.33. The number of hydrogen-bond acceptors (Lipinski definition) is 9. The van der Waals surface area contributed by atoms with Gasteiger partial charge in [0.05, 0.1) is 38.6 Å². The Morgan fingerprint density at radius 1 is 1.09 bits per heavy atom. The van der Waals surface area contributed by atoms with E-state index in [1.54, 1.807) is 12.1 Å². The SMILES string of the molecule is CCc1cc(Nc2nccn3c(-c4ccc(OC(F)F)c(F)c4F)cnc23)ccc1C(=O)N1CCC(C(=O)NCC2CC[N+](C)(CC3CNC3)C2)CC1.O=C[O-]. The fourth-order valence-corrected chi connectivity index (χ4v) is 8.07. The largest absolute Gasteiger partial charge is 0.554 e. The average molecular weight is 783 g/mol. The number of amides is 2. The van der Waals surface area contributed by atoms with Gasteiger partial charge in [-0.2, -0.15) is 13.2 Å². The van der Waals surface area contributed by atoms with Crippen molar-refractivity contribution in [2.45, 2.75) is 39.2 Å². The monoisotopic (exact) mass is 782 g/mol. The number of alkyl halides is 2. The molecular weight excluding hydrogens is 736 g/mol. The fraction of sp³-hybridized carbons (Fsp3) is 0.462. The Balaban J connectivity index is 0.00000172. The first-order chi connectivity index (χ1) is 26.9. The number of nitrogens with zero attached hydrogens (tertiary/aromatic N) is 5. The third-order valence-corrected chi connectivity index (χ3v) is 11.0. The number of hydrogen-bond donors (Lipinski definition) is 3. The molecule has 2 unspecified atom stereocenters. The number of nitrogens with one attached hydrogen (secondary N) is 3. The van der Waals surface area contributed by atoms with Crippen LogP contribution in [0.5, 0.6) is 5.75 Å². The first-order valence-corrected chi connectivity index (χ1v) is 18.8. The second-order valence-corrected chi connectivity index (χ2v) is 14.9. The first-order valence-electron chi connectivity index (χ1n) is 18.8. The molecule has 3 fully saturated rings. The van der Waals surface area contributed by atoms with Gasteiger partial charge in [0.25, 0.3) is 5.91 Å². The molecule has 2 aromatic heterocycles. The lowest BCUT2D eigenvalue weighted by molar-refractivity contribution is -0.902. The number of halogens is 4. The van der Waals surface area contributed by atoms with E-state index < -0.39 is 30.5 Å². The second kappa shape index (κ2) is 17.7. The molecule has 300 valence electrons. The van der Waals surface area contributed by atoms with E-state index in [1.165, 1.54) is 36.1 Å². The van der Waals surface area contributed by atoms with E-state index in [0.717, 1.165) is 54.2 Å². The molecule has 7 rings (SSSR count). The lowest BCUT2D eigenvalue weighted by Crippen LogP contribution is -2.54. The van der Waals surface area contributed by atoms with Gasteiger partial charge in [-0.15, -0.1) is 0 Å². The number of aryl methyl sites for hydroxylation is 1. The van der Waals surface area contributed by atoms with Crippen LogP contribution in [0.1, 0.15) is 42.1 Å². The minimum Gasteiger partial charge on any atom is -0.554 e. The van der Waals surface area contributed by atoms with E-state index >= 15 is 0 Å². The number of benzene rings is 2. The van der Waals surface area contributed by atoms with E-state index in [0.29, 0.717) is 67.5 Å². The molecular formula is C39H46F4N8O5. The lowest BCUT2D eigenvalue weighted by Gasteiger charge is -2.37. The summed E-state index contributed by atoms with van der Waals surface area (Å²) in [7, 11) is 2.34. The first kappa shape index (κ1) is 40.4. The number of likely N-dealkylation sites (tertiary alicyclic amines) is 2. The number of carboxylic acid groups (broad SMARTS) is 1. The molecule has 17 heteroatoms. The summed E-state index contributed by atoms with van der Waals surface area (Å²) in [6.45, 7) is 5.62. The maximum absolute atomic E-state index is 14.9. The molecule has 0 aliphatic carbocycles. The summed E-state index contributed by atoms with van der Waals surface area (Å²) < 4.78 is 61.3. The number of carbonyl (C=O) groups is 3. The highest BCUT2D eigenvalue weighted by molar-refractivity contribution is 5.96. The van der Waals surface area contributed by atoms with Crippen LogP contribution >= 0.6 is 0 Å². The van der Waals surface area contributed by atoms with Gasteiger partial charge in [0.15, 0.2) is 23.0 Å². The molecule has 4 aromatic rings. The zero-order valence-electron chi connectivity index (χ0n) is 31.3. The molecule has 0 saturated carbocycles. The van der Waals surface area contributed by atoms with Crippen molar-refractivity contribution in [2.24, 2.45) is 17.8 Å². The van der Waals surface area contributed by atoms with E-state index in [2.05, 4.69) is 37.7 Å². The van der Waals surface area contributed by atoms with Gasteiger partial charge in [0, 0.05) is 92.6 Å². The van der Waals surface area contributed by atoms with Crippen molar-refractivity contribution in [3.8, 4) is 17.0 Å². The van der Waals surface area contributed by atoms with E-state index in [1.807, 2.05) is 17.9 Å². The summed E-state index contributed by atoms with van der Waals surface area (Å²) in [6.07, 6.45) is 7.29. The molecule has 3 aliphatic heterocycles. The van der Waals surface area contributed by atoms with Crippen molar-refractivity contribution in [2.75, 3.05) is 64.7 Å². The van der Waals surface area contributed by atoms with Crippen LogP contribution in [-0.2, 0) is 16.0 Å². The molecule has 0 spiro atoms. The molecule has 0 bridgehead atoms. The number of ether oxygens (including phenoxy) is 1. The van der Waals surface area contributed by atoms with Crippen LogP contribution in [-0.4, -0.2) is 108 Å². The Labute approximate surface area is 321 Å². The van der Waals surface area contributed by atoms with Gasteiger partial charge >= 0.3 is 6.61 Å². The molecule has 56 heavy (non-hydrogen) atoms. The third kappa shape index (κ3) is 9.05. The summed E-state index contributed by atoms with van der Waals surface area (Å²) in [5.74, 6) is -2.27. The van der Waals surface area contributed by atoms with E-state index in [-0.39, 0.29) is 29.0 Å². The van der Waals surface area contributed by atoms with Crippen LogP contribution < -0.4 is 25.8 Å². The minimum atomic E-state index is -3.30. The maximum atomic E-state index is 14.9. The van der Waals surface area contributed by atoms with Crippen LogP contribution in [0.2, 0.25) is 0 Å². The van der Waals surface area contributed by atoms with Gasteiger partial charge in [0.1, 0.15) is 0 Å². The Bertz CT molecular complexity index is 2040. The molecule has 3 N–H and O–H groups in total.